The van der Waals surface area contributed by atoms with Gasteiger partial charge in [-0.1, -0.05) is 23.7 Å². The Hall–Kier alpha value is -1.96. The van der Waals surface area contributed by atoms with Crippen molar-refractivity contribution in [3.05, 3.63) is 65.3 Å². The SMILES string of the molecule is O=S(=O)(NCCc1cn2cc(F)ccc2n1)c1ccccc1Cl. The summed E-state index contributed by atoms with van der Waals surface area (Å²) in [6.45, 7) is 0.167. The van der Waals surface area contributed by atoms with Gasteiger partial charge in [0, 0.05) is 25.4 Å². The summed E-state index contributed by atoms with van der Waals surface area (Å²) in [5.74, 6) is -0.360. The normalized spacial score (nSPS) is 11.9. The number of fused-ring (bicyclic) bond motifs is 1. The molecule has 1 N–H and O–H groups in total. The van der Waals surface area contributed by atoms with Crippen LogP contribution in [0.4, 0.5) is 4.39 Å². The Balaban J connectivity index is 1.69. The van der Waals surface area contributed by atoms with E-state index < -0.39 is 10.0 Å². The van der Waals surface area contributed by atoms with Crippen molar-refractivity contribution < 1.29 is 12.8 Å². The molecule has 23 heavy (non-hydrogen) atoms. The van der Waals surface area contributed by atoms with Crippen LogP contribution in [0, 0.1) is 5.82 Å². The standard InChI is InChI=1S/C15H13ClFN3O2S/c16-13-3-1-2-4-14(13)23(21,22)18-8-7-12-10-20-9-11(17)5-6-15(20)19-12/h1-6,9-10,18H,7-8H2. The smallest absolute Gasteiger partial charge is 0.242 e. The highest BCUT2D eigenvalue weighted by Gasteiger charge is 2.16. The van der Waals surface area contributed by atoms with Gasteiger partial charge in [0.1, 0.15) is 16.4 Å². The number of hydrogen-bond donors (Lipinski definition) is 1. The van der Waals surface area contributed by atoms with Crippen LogP contribution in [0.5, 0.6) is 0 Å². The summed E-state index contributed by atoms with van der Waals surface area (Å²) in [5.41, 5.74) is 1.27. The van der Waals surface area contributed by atoms with Crippen molar-refractivity contribution in [2.24, 2.45) is 0 Å². The molecule has 0 radical (unpaired) electrons. The van der Waals surface area contributed by atoms with Gasteiger partial charge in [-0.3, -0.25) is 0 Å². The van der Waals surface area contributed by atoms with Gasteiger partial charge in [0.05, 0.1) is 10.7 Å². The molecule has 3 aromatic rings. The molecule has 3 rings (SSSR count). The minimum Gasteiger partial charge on any atom is -0.304 e. The molecule has 0 bridgehead atoms. The third-order valence-corrected chi connectivity index (χ3v) is 5.23. The van der Waals surface area contributed by atoms with Crippen LogP contribution in [-0.4, -0.2) is 24.3 Å². The largest absolute Gasteiger partial charge is 0.304 e. The average Bonchev–Trinajstić information content (AvgIpc) is 2.89. The topological polar surface area (TPSA) is 63.5 Å². The molecule has 0 aliphatic rings. The van der Waals surface area contributed by atoms with Crippen molar-refractivity contribution >= 4 is 27.3 Å². The molecule has 0 spiro atoms. The van der Waals surface area contributed by atoms with Gasteiger partial charge in [-0.25, -0.2) is 22.5 Å². The zero-order chi connectivity index (χ0) is 16.4. The molecule has 8 heteroatoms. The Kier molecular flexibility index (Phi) is 4.34. The Morgan fingerprint density at radius 3 is 2.74 bits per heavy atom. The van der Waals surface area contributed by atoms with Crippen LogP contribution in [0.15, 0.2) is 53.7 Å². The van der Waals surface area contributed by atoms with Crippen LogP contribution in [0.25, 0.3) is 5.65 Å². The monoisotopic (exact) mass is 353 g/mol. The zero-order valence-electron chi connectivity index (χ0n) is 11.9. The number of benzene rings is 1. The van der Waals surface area contributed by atoms with Crippen molar-refractivity contribution in [3.8, 4) is 0 Å². The van der Waals surface area contributed by atoms with Crippen molar-refractivity contribution in [2.45, 2.75) is 11.3 Å². The first kappa shape index (κ1) is 15.9. The van der Waals surface area contributed by atoms with Gasteiger partial charge >= 0.3 is 0 Å². The maximum absolute atomic E-state index is 13.1. The molecule has 0 aliphatic heterocycles. The van der Waals surface area contributed by atoms with Crippen LogP contribution >= 0.6 is 11.6 Å². The third-order valence-electron chi connectivity index (χ3n) is 3.26. The lowest BCUT2D eigenvalue weighted by Gasteiger charge is -2.07. The fraction of sp³-hybridized carbons (Fsp3) is 0.133. The summed E-state index contributed by atoms with van der Waals surface area (Å²) >= 11 is 5.90. The molecule has 0 unspecified atom stereocenters. The molecule has 2 heterocycles. The number of nitrogens with zero attached hydrogens (tertiary/aromatic N) is 2. The molecule has 0 saturated heterocycles. The van der Waals surface area contributed by atoms with E-state index in [2.05, 4.69) is 9.71 Å². The number of pyridine rings is 1. The maximum atomic E-state index is 13.1. The van der Waals surface area contributed by atoms with E-state index in [0.29, 0.717) is 17.8 Å². The second-order valence-corrected chi connectivity index (χ2v) is 7.07. The Bertz CT molecular complexity index is 956. The fourth-order valence-electron chi connectivity index (χ4n) is 2.19. The Morgan fingerprint density at radius 2 is 1.96 bits per heavy atom. The minimum absolute atomic E-state index is 0.0405. The number of hydrogen-bond acceptors (Lipinski definition) is 3. The number of halogens is 2. The van der Waals surface area contributed by atoms with E-state index in [-0.39, 0.29) is 22.3 Å². The summed E-state index contributed by atoms with van der Waals surface area (Å²) in [7, 11) is -3.67. The summed E-state index contributed by atoms with van der Waals surface area (Å²) in [5, 5.41) is 0.170. The number of rotatable bonds is 5. The van der Waals surface area contributed by atoms with E-state index in [1.165, 1.54) is 24.4 Å². The molecule has 5 nitrogen and oxygen atoms in total. The van der Waals surface area contributed by atoms with Gasteiger partial charge in [0.15, 0.2) is 0 Å². The molecule has 1 aromatic carbocycles. The van der Waals surface area contributed by atoms with E-state index in [1.807, 2.05) is 0 Å². The molecule has 2 aromatic heterocycles. The van der Waals surface area contributed by atoms with Crippen molar-refractivity contribution in [1.82, 2.24) is 14.1 Å². The lowest BCUT2D eigenvalue weighted by atomic mass is 10.3. The zero-order valence-corrected chi connectivity index (χ0v) is 13.5. The molecular formula is C15H13ClFN3O2S. The van der Waals surface area contributed by atoms with Crippen LogP contribution in [0.2, 0.25) is 5.02 Å². The maximum Gasteiger partial charge on any atom is 0.242 e. The van der Waals surface area contributed by atoms with Crippen LogP contribution in [-0.2, 0) is 16.4 Å². The highest BCUT2D eigenvalue weighted by Crippen LogP contribution is 2.20. The van der Waals surface area contributed by atoms with Gasteiger partial charge in [-0.15, -0.1) is 0 Å². The molecule has 120 valence electrons. The first-order valence-electron chi connectivity index (χ1n) is 6.83. The molecule has 0 atom stereocenters. The summed E-state index contributed by atoms with van der Waals surface area (Å²) in [6, 6.07) is 9.12. The third kappa shape index (κ3) is 3.52. The van der Waals surface area contributed by atoms with Crippen LogP contribution in [0.1, 0.15) is 5.69 Å². The van der Waals surface area contributed by atoms with Gasteiger partial charge in [-0.2, -0.15) is 0 Å². The van der Waals surface area contributed by atoms with Crippen molar-refractivity contribution in [3.63, 3.8) is 0 Å². The number of aromatic nitrogens is 2. The van der Waals surface area contributed by atoms with Gasteiger partial charge in [0.2, 0.25) is 10.0 Å². The average molecular weight is 354 g/mol. The fourth-order valence-corrected chi connectivity index (χ4v) is 3.74. The second kappa shape index (κ2) is 6.27. The summed E-state index contributed by atoms with van der Waals surface area (Å²) in [4.78, 5) is 4.34. The molecule has 0 saturated carbocycles. The van der Waals surface area contributed by atoms with Crippen LogP contribution < -0.4 is 4.72 Å². The summed E-state index contributed by atoms with van der Waals surface area (Å²) in [6.07, 6.45) is 3.37. The number of sulfonamides is 1. The minimum atomic E-state index is -3.67. The Labute approximate surface area is 137 Å². The second-order valence-electron chi connectivity index (χ2n) is 4.92. The van der Waals surface area contributed by atoms with Gasteiger partial charge in [-0.05, 0) is 24.3 Å². The molecular weight excluding hydrogens is 341 g/mol. The van der Waals surface area contributed by atoms with Crippen molar-refractivity contribution in [2.75, 3.05) is 6.54 Å². The highest BCUT2D eigenvalue weighted by molar-refractivity contribution is 7.89. The first-order chi connectivity index (χ1) is 11.0. The van der Waals surface area contributed by atoms with Gasteiger partial charge in [0.25, 0.3) is 0 Å². The van der Waals surface area contributed by atoms with E-state index in [1.54, 1.807) is 28.8 Å². The van der Waals surface area contributed by atoms with E-state index >= 15 is 0 Å². The summed E-state index contributed by atoms with van der Waals surface area (Å²) < 4.78 is 41.6. The molecule has 0 aliphatic carbocycles. The highest BCUT2D eigenvalue weighted by atomic mass is 35.5. The predicted octanol–water partition coefficient (Wildman–Crippen LogP) is 2.65. The molecule has 0 amide bonds. The molecule has 0 fully saturated rings. The van der Waals surface area contributed by atoms with Crippen LogP contribution in [0.3, 0.4) is 0 Å². The lowest BCUT2D eigenvalue weighted by Crippen LogP contribution is -2.26. The van der Waals surface area contributed by atoms with E-state index in [4.69, 9.17) is 11.6 Å². The number of imidazole rings is 1. The Morgan fingerprint density at radius 1 is 1.17 bits per heavy atom. The first-order valence-corrected chi connectivity index (χ1v) is 8.69. The van der Waals surface area contributed by atoms with Crippen molar-refractivity contribution in [1.29, 1.82) is 0 Å². The predicted molar refractivity (Wildman–Crippen MR) is 85.5 cm³/mol. The quantitative estimate of drug-likeness (QED) is 0.767. The number of nitrogens with one attached hydrogen (secondary N) is 1. The van der Waals surface area contributed by atoms with E-state index in [9.17, 15) is 12.8 Å². The van der Waals surface area contributed by atoms with Gasteiger partial charge < -0.3 is 4.40 Å². The van der Waals surface area contributed by atoms with E-state index in [0.717, 1.165) is 0 Å². The lowest BCUT2D eigenvalue weighted by molar-refractivity contribution is 0.581.